The highest BCUT2D eigenvalue weighted by Crippen LogP contribution is 2.38. The second-order valence-corrected chi connectivity index (χ2v) is 6.89. The molecule has 1 atom stereocenters. The van der Waals surface area contributed by atoms with Crippen LogP contribution in [-0.2, 0) is 0 Å². The van der Waals surface area contributed by atoms with Gasteiger partial charge in [-0.3, -0.25) is 5.41 Å². The number of amidine groups is 1. The Labute approximate surface area is 171 Å². The van der Waals surface area contributed by atoms with Crippen LogP contribution in [0.2, 0.25) is 0 Å². The van der Waals surface area contributed by atoms with Gasteiger partial charge in [0.15, 0.2) is 0 Å². The lowest BCUT2D eigenvalue weighted by molar-refractivity contribution is 0.414. The second-order valence-electron chi connectivity index (χ2n) is 6.89. The molecular weight excluding hydrogens is 364 g/mol. The molecule has 4 rings (SSSR count). The molecule has 0 saturated carbocycles. The minimum Gasteiger partial charge on any atom is -0.497 e. The Bertz CT molecular complexity index is 975. The summed E-state index contributed by atoms with van der Waals surface area (Å²) in [7, 11) is 1.66. The summed E-state index contributed by atoms with van der Waals surface area (Å²) in [4.78, 5) is 4.30. The standard InChI is InChI=1S/C23H26N4O2/c1-4-26(5-2)17-8-10-18(11-9-17)27-21(24)20-14-15-29-23(20)25-22(27)16-6-12-19(28-3)13-7-16/h6-15,22,24-25H,4-5H2,1-3H3. The molecule has 6 nitrogen and oxygen atoms in total. The van der Waals surface area contributed by atoms with Gasteiger partial charge in [-0.2, -0.15) is 0 Å². The Morgan fingerprint density at radius 2 is 1.72 bits per heavy atom. The van der Waals surface area contributed by atoms with Gasteiger partial charge in [0.1, 0.15) is 17.8 Å². The lowest BCUT2D eigenvalue weighted by atomic mass is 10.1. The third-order valence-corrected chi connectivity index (χ3v) is 5.38. The van der Waals surface area contributed by atoms with E-state index in [-0.39, 0.29) is 6.17 Å². The predicted molar refractivity (Wildman–Crippen MR) is 117 cm³/mol. The van der Waals surface area contributed by atoms with Gasteiger partial charge in [-0.15, -0.1) is 0 Å². The zero-order valence-electron chi connectivity index (χ0n) is 17.0. The maximum absolute atomic E-state index is 8.84. The first-order valence-electron chi connectivity index (χ1n) is 9.87. The molecule has 0 aliphatic carbocycles. The number of methoxy groups -OCH3 is 1. The van der Waals surface area contributed by atoms with Gasteiger partial charge in [-0.1, -0.05) is 12.1 Å². The molecular formula is C23H26N4O2. The summed E-state index contributed by atoms with van der Waals surface area (Å²) in [5.74, 6) is 1.82. The van der Waals surface area contributed by atoms with Gasteiger partial charge in [-0.05, 0) is 61.9 Å². The summed E-state index contributed by atoms with van der Waals surface area (Å²) in [5.41, 5.74) is 3.90. The Balaban J connectivity index is 1.73. The molecule has 1 aromatic heterocycles. The molecule has 2 heterocycles. The van der Waals surface area contributed by atoms with Crippen LogP contribution in [0.1, 0.15) is 31.1 Å². The molecule has 1 aliphatic rings. The third-order valence-electron chi connectivity index (χ3n) is 5.38. The number of ether oxygens (including phenoxy) is 1. The van der Waals surface area contributed by atoms with Crippen molar-refractivity contribution >= 4 is 23.1 Å². The minimum absolute atomic E-state index is 0.258. The Kier molecular flexibility index (Phi) is 5.16. The zero-order valence-corrected chi connectivity index (χ0v) is 17.0. The van der Waals surface area contributed by atoms with E-state index in [1.807, 2.05) is 35.2 Å². The van der Waals surface area contributed by atoms with Gasteiger partial charge in [0.05, 0.1) is 18.9 Å². The fourth-order valence-electron chi connectivity index (χ4n) is 3.76. The zero-order chi connectivity index (χ0) is 20.4. The van der Waals surface area contributed by atoms with Crippen LogP contribution in [0.4, 0.5) is 17.3 Å². The molecule has 3 aromatic rings. The molecule has 1 unspecified atom stereocenters. The van der Waals surface area contributed by atoms with Crippen molar-refractivity contribution in [3.63, 3.8) is 0 Å². The molecule has 0 bridgehead atoms. The van der Waals surface area contributed by atoms with Crippen LogP contribution in [-0.4, -0.2) is 26.0 Å². The van der Waals surface area contributed by atoms with Gasteiger partial charge in [0.25, 0.3) is 0 Å². The molecule has 0 spiro atoms. The van der Waals surface area contributed by atoms with Gasteiger partial charge in [0.2, 0.25) is 5.88 Å². The van der Waals surface area contributed by atoms with Crippen molar-refractivity contribution in [3.8, 4) is 5.75 Å². The molecule has 29 heavy (non-hydrogen) atoms. The number of benzene rings is 2. The largest absolute Gasteiger partial charge is 0.497 e. The fourth-order valence-corrected chi connectivity index (χ4v) is 3.76. The number of fused-ring (bicyclic) bond motifs is 1. The van der Waals surface area contributed by atoms with Crippen molar-refractivity contribution in [2.24, 2.45) is 0 Å². The van der Waals surface area contributed by atoms with Crippen molar-refractivity contribution in [1.82, 2.24) is 0 Å². The molecule has 0 radical (unpaired) electrons. The van der Waals surface area contributed by atoms with E-state index in [9.17, 15) is 0 Å². The Morgan fingerprint density at radius 1 is 1.03 bits per heavy atom. The fraction of sp³-hybridized carbons (Fsp3) is 0.261. The van der Waals surface area contributed by atoms with E-state index in [0.29, 0.717) is 11.7 Å². The second kappa shape index (κ2) is 7.91. The summed E-state index contributed by atoms with van der Waals surface area (Å²) in [6.45, 7) is 6.23. The maximum Gasteiger partial charge on any atom is 0.205 e. The van der Waals surface area contributed by atoms with E-state index >= 15 is 0 Å². The molecule has 1 aliphatic heterocycles. The number of hydrogen-bond donors (Lipinski definition) is 2. The molecule has 0 fully saturated rings. The normalized spacial score (nSPS) is 15.6. The topological polar surface area (TPSA) is 64.7 Å². The summed E-state index contributed by atoms with van der Waals surface area (Å²) >= 11 is 0. The highest BCUT2D eigenvalue weighted by molar-refractivity contribution is 6.13. The lowest BCUT2D eigenvalue weighted by Crippen LogP contribution is -2.42. The van der Waals surface area contributed by atoms with Gasteiger partial charge in [-0.25, -0.2) is 0 Å². The van der Waals surface area contributed by atoms with Crippen LogP contribution < -0.4 is 19.9 Å². The van der Waals surface area contributed by atoms with Crippen LogP contribution in [0.15, 0.2) is 65.3 Å². The highest BCUT2D eigenvalue weighted by atomic mass is 16.5. The number of anilines is 3. The van der Waals surface area contributed by atoms with E-state index in [1.54, 1.807) is 13.4 Å². The Hall–Kier alpha value is -3.41. The maximum atomic E-state index is 8.84. The molecule has 2 N–H and O–H groups in total. The first-order valence-corrected chi connectivity index (χ1v) is 9.87. The van der Waals surface area contributed by atoms with Gasteiger partial charge >= 0.3 is 0 Å². The van der Waals surface area contributed by atoms with E-state index in [4.69, 9.17) is 14.6 Å². The van der Waals surface area contributed by atoms with E-state index in [2.05, 4.69) is 48.3 Å². The number of rotatable bonds is 6. The van der Waals surface area contributed by atoms with Crippen molar-refractivity contribution < 1.29 is 9.15 Å². The van der Waals surface area contributed by atoms with Crippen LogP contribution in [0.25, 0.3) is 0 Å². The summed E-state index contributed by atoms with van der Waals surface area (Å²) in [6.07, 6.45) is 1.36. The number of furan rings is 1. The average Bonchev–Trinajstić information content (AvgIpc) is 3.24. The minimum atomic E-state index is -0.258. The van der Waals surface area contributed by atoms with Crippen LogP contribution in [0.3, 0.4) is 0 Å². The van der Waals surface area contributed by atoms with Crippen LogP contribution >= 0.6 is 0 Å². The molecule has 0 saturated heterocycles. The van der Waals surface area contributed by atoms with Gasteiger partial charge in [0, 0.05) is 24.5 Å². The monoisotopic (exact) mass is 390 g/mol. The molecule has 2 aromatic carbocycles. The number of nitrogens with one attached hydrogen (secondary N) is 2. The summed E-state index contributed by atoms with van der Waals surface area (Å²) < 4.78 is 10.9. The predicted octanol–water partition coefficient (Wildman–Crippen LogP) is 5.09. The van der Waals surface area contributed by atoms with Gasteiger partial charge < -0.3 is 24.3 Å². The third kappa shape index (κ3) is 3.42. The molecule has 0 amide bonds. The quantitative estimate of drug-likeness (QED) is 0.614. The van der Waals surface area contributed by atoms with Crippen LogP contribution in [0, 0.1) is 5.41 Å². The number of hydrogen-bond acceptors (Lipinski definition) is 5. The van der Waals surface area contributed by atoms with E-state index < -0.39 is 0 Å². The smallest absolute Gasteiger partial charge is 0.205 e. The lowest BCUT2D eigenvalue weighted by Gasteiger charge is -2.38. The van der Waals surface area contributed by atoms with Crippen molar-refractivity contribution in [2.75, 3.05) is 35.3 Å². The van der Waals surface area contributed by atoms with E-state index in [0.717, 1.165) is 35.7 Å². The van der Waals surface area contributed by atoms with Crippen molar-refractivity contribution in [1.29, 1.82) is 5.41 Å². The summed E-state index contributed by atoms with van der Waals surface area (Å²) in [5, 5.41) is 12.3. The van der Waals surface area contributed by atoms with Crippen molar-refractivity contribution in [3.05, 3.63) is 72.0 Å². The first-order chi connectivity index (χ1) is 14.2. The molecule has 6 heteroatoms. The first kappa shape index (κ1) is 18.9. The average molecular weight is 390 g/mol. The SMILES string of the molecule is CCN(CC)c1ccc(N2C(=N)c3ccoc3NC2c2ccc(OC)cc2)cc1. The van der Waals surface area contributed by atoms with Crippen LogP contribution in [0.5, 0.6) is 5.75 Å². The summed E-state index contributed by atoms with van der Waals surface area (Å²) in [6, 6.07) is 18.1. The highest BCUT2D eigenvalue weighted by Gasteiger charge is 2.33. The number of nitrogens with zero attached hydrogens (tertiary/aromatic N) is 2. The Morgan fingerprint density at radius 3 is 2.34 bits per heavy atom. The van der Waals surface area contributed by atoms with E-state index in [1.165, 1.54) is 5.69 Å². The van der Waals surface area contributed by atoms with Crippen molar-refractivity contribution in [2.45, 2.75) is 20.0 Å². The molecule has 150 valence electrons.